The fourth-order valence-corrected chi connectivity index (χ4v) is 17.2. The number of Topliss-reactive ketones (excluding diaryl/α,β-unsaturated/α-hetero) is 2. The van der Waals surface area contributed by atoms with Crippen molar-refractivity contribution in [3.05, 3.63) is 161 Å². The number of aromatic amines is 1. The number of aromatic hydroxyl groups is 1. The zero-order valence-electron chi connectivity index (χ0n) is 75.3. The number of rotatable bonds is 32. The molecule has 14 amide bonds. The lowest BCUT2D eigenvalue weighted by Crippen LogP contribution is -2.66. The van der Waals surface area contributed by atoms with Crippen LogP contribution in [0.25, 0.3) is 22.0 Å². The number of aliphatic carboxylic acids is 1. The third-order valence-corrected chi connectivity index (χ3v) is 25.5. The van der Waals surface area contributed by atoms with Crippen molar-refractivity contribution in [2.75, 3.05) is 24.7 Å². The van der Waals surface area contributed by atoms with Crippen LogP contribution in [0.2, 0.25) is 0 Å². The van der Waals surface area contributed by atoms with Crippen LogP contribution in [-0.2, 0) is 112 Å². The molecule has 5 aromatic carbocycles. The first kappa shape index (κ1) is 105. The second kappa shape index (κ2) is 49.6. The van der Waals surface area contributed by atoms with Crippen molar-refractivity contribution < 1.29 is 102 Å². The van der Waals surface area contributed by atoms with Crippen LogP contribution in [0.1, 0.15) is 148 Å². The quantitative estimate of drug-likeness (QED) is 0.0265. The molecule has 39 heteroatoms. The van der Waals surface area contributed by atoms with E-state index in [1.165, 1.54) is 84.5 Å². The number of primary amides is 2. The van der Waals surface area contributed by atoms with Crippen LogP contribution in [0.3, 0.4) is 0 Å². The Hall–Kier alpha value is -12.6. The Bertz CT molecular complexity index is 5100. The highest BCUT2D eigenvalue weighted by Crippen LogP contribution is 2.34. The first-order chi connectivity index (χ1) is 62.5. The molecule has 1 fully saturated rings. The number of nitrogens with one attached hydrogen (secondary N) is 14. The lowest BCUT2D eigenvalue weighted by Gasteiger charge is -2.35. The molecular formula is C93H122N16O21S2. The normalized spacial score (nSPS) is 21.8. The van der Waals surface area contributed by atoms with E-state index in [9.17, 15) is 73.2 Å². The number of phenols is 1. The van der Waals surface area contributed by atoms with Gasteiger partial charge in [0.25, 0.3) is 0 Å². The number of nitrogens with two attached hydrogens (primary N) is 2. The van der Waals surface area contributed by atoms with Crippen LogP contribution in [-0.4, -0.2) is 234 Å². The molecule has 0 radical (unpaired) electrons. The third-order valence-electron chi connectivity index (χ3n) is 22.9. The number of hydrogen-bond donors (Lipinski definition) is 20. The van der Waals surface area contributed by atoms with E-state index in [2.05, 4.69) is 74.1 Å². The van der Waals surface area contributed by atoms with Gasteiger partial charge in [-0.2, -0.15) is 23.5 Å². The number of fused-ring (bicyclic) bond motifs is 3. The summed E-state index contributed by atoms with van der Waals surface area (Å²) in [6.45, 7) is 11.2. The largest absolute Gasteiger partial charge is 0.508 e. The van der Waals surface area contributed by atoms with Crippen LogP contribution in [0.4, 0.5) is 0 Å². The summed E-state index contributed by atoms with van der Waals surface area (Å²) >= 11 is 2.34. The number of H-pyrrole nitrogens is 1. The minimum atomic E-state index is -2.15. The maximum Gasteiger partial charge on any atom is 0.303 e. The van der Waals surface area contributed by atoms with E-state index in [0.29, 0.717) is 46.0 Å². The molecule has 4 bridgehead atoms. The van der Waals surface area contributed by atoms with Gasteiger partial charge < -0.3 is 106 Å². The smallest absolute Gasteiger partial charge is 0.303 e. The zero-order chi connectivity index (χ0) is 96.8. The second-order valence-electron chi connectivity index (χ2n) is 34.6. The number of aromatic nitrogens is 1. The Morgan fingerprint density at radius 1 is 0.568 bits per heavy atom. The standard InChI is InChI=1S/C93H122N16O21S2/c1-50(2)38-70(101-55(7)112)86(125)107-77(54(6)111)89(128)104-72(40-57-16-11-10-12-17-57)88(127)109-93(9)49-132-47-60-24-30-62(31-25-60)61-28-22-59(23-29-61)46-131-48-92(8,91(130)106-74(45-110)87(126)100-53(5)81(120)99-52(4)80(95)119)108-82(121)64(39-56-18-15-19-56)44-97-68(34-36-75(94)114)79(118)78(117)51(3)98-84(123)73(42-63-43-96-67-21-14-13-20-66(63)67)103-85(124)71(41-58-26-32-65(113)33-27-58)102-83(122)69(105-90(93)129)35-37-76(115)116/h10-14,16-17,20-33,43,50-54,56,64,68-74,77,96-97,110-111,113H,15,18-19,34-42,44-49H2,1-9H3,(H2,94,114)(H2,95,119)(H,98,123)(H,99,120)(H,100,126)(H,101,112)(H,102,122)(H,103,124)(H,104,128)(H,105,129)(H,106,130)(H,107,125)(H,108,121)(H,109,127)(H,115,116)/t51?,52?,53-,54+,64+,68-,69-,70-,71?,72-,73-,74?,77-,92-,93+/m0/s1. The fourth-order valence-electron chi connectivity index (χ4n) is 14.9. The van der Waals surface area contributed by atoms with Gasteiger partial charge in [0.1, 0.15) is 71.2 Å². The van der Waals surface area contributed by atoms with Gasteiger partial charge in [0, 0.05) is 85.7 Å². The first-order valence-corrected chi connectivity index (χ1v) is 46.1. The molecule has 0 saturated heterocycles. The topological polar surface area (TPSA) is 595 Å². The molecule has 37 nitrogen and oxygen atoms in total. The third kappa shape index (κ3) is 31.6. The molecule has 1 aliphatic carbocycles. The highest BCUT2D eigenvalue weighted by Gasteiger charge is 2.44. The number of benzene rings is 5. The van der Waals surface area contributed by atoms with Crippen molar-refractivity contribution in [3.63, 3.8) is 0 Å². The maximum absolute atomic E-state index is 15.7. The predicted octanol–water partition coefficient (Wildman–Crippen LogP) is 1.36. The van der Waals surface area contributed by atoms with Crippen molar-refractivity contribution in [3.8, 4) is 16.9 Å². The average molecular weight is 1860 g/mol. The summed E-state index contributed by atoms with van der Waals surface area (Å²) in [5, 5.41) is 77.3. The highest BCUT2D eigenvalue weighted by atomic mass is 32.2. The van der Waals surface area contributed by atoms with Crippen LogP contribution >= 0.6 is 23.5 Å². The minimum Gasteiger partial charge on any atom is -0.508 e. The first-order valence-electron chi connectivity index (χ1n) is 43.8. The van der Waals surface area contributed by atoms with Crippen LogP contribution in [0, 0.1) is 17.8 Å². The van der Waals surface area contributed by atoms with Crippen LogP contribution in [0.5, 0.6) is 5.75 Å². The summed E-state index contributed by atoms with van der Waals surface area (Å²) in [7, 11) is 0. The number of phenolic OH excluding ortho intramolecular Hbond substituents is 1. The average Bonchev–Trinajstić information content (AvgIpc) is 1.32. The number of ketones is 2. The molecule has 15 atom stereocenters. The Morgan fingerprint density at radius 2 is 1.14 bits per heavy atom. The molecule has 1 aromatic heterocycles. The molecular weight excluding hydrogens is 1740 g/mol. The van der Waals surface area contributed by atoms with E-state index in [1.807, 2.05) is 48.5 Å². The number of carbonyl (C=O) groups is 17. The molecule has 4 aliphatic rings. The molecule has 3 aliphatic heterocycles. The van der Waals surface area contributed by atoms with Gasteiger partial charge in [0.2, 0.25) is 94.3 Å². The van der Waals surface area contributed by atoms with Crippen molar-refractivity contribution in [1.29, 1.82) is 0 Å². The molecule has 1 saturated carbocycles. The van der Waals surface area contributed by atoms with Gasteiger partial charge in [0.15, 0.2) is 0 Å². The number of carboxylic acids is 1. The van der Waals surface area contributed by atoms with Crippen LogP contribution < -0.4 is 80.6 Å². The number of carboxylic acid groups (broad SMARTS) is 1. The molecule has 22 N–H and O–H groups in total. The summed E-state index contributed by atoms with van der Waals surface area (Å²) in [5.74, 6) is -18.5. The minimum absolute atomic E-state index is 0.0322. The van der Waals surface area contributed by atoms with Gasteiger partial charge in [-0.25, -0.2) is 0 Å². The van der Waals surface area contributed by atoms with Gasteiger partial charge in [-0.3, -0.25) is 81.5 Å². The van der Waals surface area contributed by atoms with Gasteiger partial charge in [0.05, 0.1) is 30.7 Å². The number of aliphatic hydroxyl groups is 2. The van der Waals surface area contributed by atoms with E-state index in [1.54, 1.807) is 74.6 Å². The van der Waals surface area contributed by atoms with Crippen molar-refractivity contribution in [2.24, 2.45) is 29.2 Å². The Labute approximate surface area is 773 Å². The zero-order valence-corrected chi connectivity index (χ0v) is 76.9. The molecule has 132 heavy (non-hydrogen) atoms. The van der Waals surface area contributed by atoms with Gasteiger partial charge >= 0.3 is 5.97 Å². The van der Waals surface area contributed by atoms with E-state index in [4.69, 9.17) is 11.5 Å². The van der Waals surface area contributed by atoms with Gasteiger partial charge in [-0.1, -0.05) is 142 Å². The van der Waals surface area contributed by atoms with Gasteiger partial charge in [-0.15, -0.1) is 0 Å². The van der Waals surface area contributed by atoms with Crippen molar-refractivity contribution in [1.82, 2.24) is 74.1 Å². The fraction of sp³-hybridized carbons (Fsp3) is 0.473. The highest BCUT2D eigenvalue weighted by molar-refractivity contribution is 7.98. The maximum atomic E-state index is 15.7. The van der Waals surface area contributed by atoms with Crippen LogP contribution in [0.15, 0.2) is 134 Å². The Morgan fingerprint density at radius 3 is 1.72 bits per heavy atom. The Kier molecular flexibility index (Phi) is 39.4. The van der Waals surface area contributed by atoms with E-state index >= 15 is 28.8 Å². The molecule has 4 heterocycles. The number of thioether (sulfide) groups is 2. The summed E-state index contributed by atoms with van der Waals surface area (Å²) < 4.78 is 0. The van der Waals surface area contributed by atoms with E-state index < -0.39 is 229 Å². The summed E-state index contributed by atoms with van der Waals surface area (Å²) in [6.07, 6.45) is -0.807. The van der Waals surface area contributed by atoms with Crippen molar-refractivity contribution in [2.45, 2.75) is 235 Å². The van der Waals surface area contributed by atoms with E-state index in [-0.39, 0.29) is 72.8 Å². The summed E-state index contributed by atoms with van der Waals surface area (Å²) in [5.41, 5.74) is 11.7. The Balaban J connectivity index is 1.20. The summed E-state index contributed by atoms with van der Waals surface area (Å²) in [4.78, 5) is 245. The van der Waals surface area contributed by atoms with E-state index in [0.717, 1.165) is 34.9 Å². The number of para-hydroxylation sites is 1. The number of hydrogen-bond acceptors (Lipinski definition) is 23. The summed E-state index contributed by atoms with van der Waals surface area (Å²) in [6, 6.07) is 18.2. The molecule has 712 valence electrons. The molecule has 0 spiro atoms. The number of aliphatic hydroxyl groups excluding tert-OH is 2. The van der Waals surface area contributed by atoms with Gasteiger partial charge in [-0.05, 0) is 136 Å². The number of carbonyl (C=O) groups excluding carboxylic acids is 16. The predicted molar refractivity (Wildman–Crippen MR) is 493 cm³/mol. The number of amides is 14. The SMILES string of the molecule is CC(=O)N[C@@H](CC(C)C)C(=O)N[C@H](C(=O)N[C@@H](Cc1ccccc1)C(=O)N[C@]1(C)CSCc2ccc(cc2)-c2ccc(cc2)CSC[C@@](C)(C(=O)NC(CO)C(=O)N[C@@H](C)C(=O)NC(C)C(N)=O)NC(=O)[C@H](CC2CCC2)CN[C@@H](CCC(N)=O)C(=O)C(=O)C(C)NC(=O)[C@H](Cc2c[nH]c3ccccc23)NC(=O)C(Cc2ccc(O)cc2)NC(=O)[C@H](CCC(=O)O)NC1=O)[C@@H](C)O. The molecule has 4 unspecified atom stereocenters. The molecule has 6 aromatic rings. The lowest BCUT2D eigenvalue weighted by atomic mass is 9.78. The van der Waals surface area contributed by atoms with Crippen molar-refractivity contribution >= 4 is 135 Å². The monoisotopic (exact) mass is 1860 g/mol. The molecule has 10 rings (SSSR count). The second-order valence-corrected chi connectivity index (χ2v) is 36.6. The lowest BCUT2D eigenvalue weighted by molar-refractivity contribution is -0.140.